The van der Waals surface area contributed by atoms with Crippen molar-refractivity contribution in [2.24, 2.45) is 5.92 Å². The summed E-state index contributed by atoms with van der Waals surface area (Å²) in [6, 6.07) is 6.92. The maximum absolute atomic E-state index is 13.2. The molecule has 1 aliphatic heterocycles. The molecule has 2 bridgehead atoms. The number of rotatable bonds is 3. The van der Waals surface area contributed by atoms with Crippen LogP contribution in [-0.4, -0.2) is 73.2 Å². The number of aryl methyl sites for hydroxylation is 1. The Kier molecular flexibility index (Phi) is 9.06. The van der Waals surface area contributed by atoms with E-state index in [1.807, 2.05) is 48.9 Å². The zero-order valence-corrected chi connectivity index (χ0v) is 22.7. The number of amides is 3. The summed E-state index contributed by atoms with van der Waals surface area (Å²) in [7, 11) is 0. The van der Waals surface area contributed by atoms with E-state index in [-0.39, 0.29) is 36.5 Å². The van der Waals surface area contributed by atoms with Gasteiger partial charge in [0.2, 0.25) is 11.8 Å². The van der Waals surface area contributed by atoms with E-state index in [1.54, 1.807) is 13.1 Å². The molecule has 3 heterocycles. The van der Waals surface area contributed by atoms with Crippen molar-refractivity contribution in [2.75, 3.05) is 26.2 Å². The van der Waals surface area contributed by atoms with Crippen molar-refractivity contribution in [1.29, 1.82) is 0 Å². The number of fused-ring (bicyclic) bond motifs is 4. The molecule has 0 fully saturated rings. The first-order chi connectivity index (χ1) is 18.3. The Morgan fingerprint density at radius 1 is 1.24 bits per heavy atom. The van der Waals surface area contributed by atoms with Gasteiger partial charge in [0.1, 0.15) is 17.6 Å². The van der Waals surface area contributed by atoms with Gasteiger partial charge in [-0.1, -0.05) is 26.0 Å². The number of nitrogens with one attached hydrogen (secondary N) is 2. The lowest BCUT2D eigenvalue weighted by atomic mass is 10.0. The van der Waals surface area contributed by atoms with Gasteiger partial charge in [0, 0.05) is 37.6 Å². The number of hydrogen-bond acceptors (Lipinski definition) is 8. The number of carbonyl (C=O) groups excluding carboxylic acids is 3. The standard InChI is InChI=1S/C26H33N7O4S/c1-17(2)14-21-25(35)28-9-12-32-11-8-27-24(32)19-6-4-7-20(15-19)37-13-5-10-33(16-22(34)29-21)26(36)23-18(3)30-38-31-23/h4,6-8,11,15,17,21H,5,9-10,12-14,16H2,1-3H3,(H,28,35)(H,29,34)/t21-/m1/s1. The maximum atomic E-state index is 13.2. The lowest BCUT2D eigenvalue weighted by Crippen LogP contribution is -2.51. The van der Waals surface area contributed by atoms with Crippen LogP contribution in [-0.2, 0) is 16.1 Å². The molecule has 3 amide bonds. The molecule has 1 aliphatic rings. The molecule has 2 N–H and O–H groups in total. The van der Waals surface area contributed by atoms with E-state index < -0.39 is 11.9 Å². The van der Waals surface area contributed by atoms with E-state index in [1.165, 1.54) is 4.90 Å². The zero-order chi connectivity index (χ0) is 27.1. The maximum Gasteiger partial charge on any atom is 0.275 e. The summed E-state index contributed by atoms with van der Waals surface area (Å²) in [6.45, 7) is 6.98. The quantitative estimate of drug-likeness (QED) is 0.522. The highest BCUT2D eigenvalue weighted by Gasteiger charge is 2.26. The average Bonchev–Trinajstić information content (AvgIpc) is 3.53. The molecule has 0 spiro atoms. The Morgan fingerprint density at radius 2 is 2.08 bits per heavy atom. The van der Waals surface area contributed by atoms with E-state index in [0.29, 0.717) is 44.0 Å². The second-order valence-electron chi connectivity index (χ2n) is 9.64. The molecule has 12 heteroatoms. The van der Waals surface area contributed by atoms with Crippen LogP contribution in [0.4, 0.5) is 0 Å². The zero-order valence-electron chi connectivity index (χ0n) is 21.8. The lowest BCUT2D eigenvalue weighted by Gasteiger charge is -2.25. The van der Waals surface area contributed by atoms with Crippen LogP contribution in [0.5, 0.6) is 5.75 Å². The lowest BCUT2D eigenvalue weighted by molar-refractivity contribution is -0.129. The van der Waals surface area contributed by atoms with Gasteiger partial charge in [-0.2, -0.15) is 8.75 Å². The molecule has 38 heavy (non-hydrogen) atoms. The minimum atomic E-state index is -0.719. The fraction of sp³-hybridized carbons (Fsp3) is 0.462. The summed E-state index contributed by atoms with van der Waals surface area (Å²) in [6.07, 6.45) is 4.55. The summed E-state index contributed by atoms with van der Waals surface area (Å²) in [5, 5.41) is 5.78. The van der Waals surface area contributed by atoms with Crippen LogP contribution in [0.3, 0.4) is 0 Å². The molecule has 1 aromatic carbocycles. The smallest absolute Gasteiger partial charge is 0.275 e. The van der Waals surface area contributed by atoms with Crippen molar-refractivity contribution in [3.63, 3.8) is 0 Å². The summed E-state index contributed by atoms with van der Waals surface area (Å²) in [4.78, 5) is 45.3. The minimum absolute atomic E-state index is 0.176. The number of ether oxygens (including phenoxy) is 1. The molecule has 202 valence electrons. The molecule has 0 saturated heterocycles. The predicted molar refractivity (Wildman–Crippen MR) is 143 cm³/mol. The molecule has 4 rings (SSSR count). The van der Waals surface area contributed by atoms with Crippen molar-refractivity contribution < 1.29 is 19.1 Å². The first-order valence-electron chi connectivity index (χ1n) is 12.7. The molecule has 0 saturated carbocycles. The highest BCUT2D eigenvalue weighted by Crippen LogP contribution is 2.23. The molecule has 11 nitrogen and oxygen atoms in total. The molecule has 0 aliphatic carbocycles. The fourth-order valence-corrected chi connectivity index (χ4v) is 4.83. The number of carbonyl (C=O) groups is 3. The molecule has 0 unspecified atom stereocenters. The summed E-state index contributed by atoms with van der Waals surface area (Å²) >= 11 is 0.956. The van der Waals surface area contributed by atoms with Gasteiger partial charge in [-0.3, -0.25) is 14.4 Å². The first-order valence-corrected chi connectivity index (χ1v) is 13.4. The van der Waals surface area contributed by atoms with Crippen molar-refractivity contribution in [1.82, 2.24) is 33.8 Å². The van der Waals surface area contributed by atoms with Gasteiger partial charge in [-0.25, -0.2) is 4.98 Å². The molecule has 1 atom stereocenters. The molecular formula is C26H33N7O4S. The SMILES string of the molecule is Cc1nsnc1C(=O)N1CCCOc2cccc(c2)-c2nccn2CCNC(=O)[C@@H](CC(C)C)NC(=O)C1. The highest BCUT2D eigenvalue weighted by atomic mass is 32.1. The first kappa shape index (κ1) is 27.2. The van der Waals surface area contributed by atoms with Crippen LogP contribution in [0.15, 0.2) is 36.7 Å². The van der Waals surface area contributed by atoms with Crippen molar-refractivity contribution in [2.45, 2.75) is 46.2 Å². The van der Waals surface area contributed by atoms with Crippen LogP contribution < -0.4 is 15.4 Å². The Hall–Kier alpha value is -3.80. The summed E-state index contributed by atoms with van der Waals surface area (Å²) in [5.74, 6) is 0.573. The van der Waals surface area contributed by atoms with Crippen molar-refractivity contribution in [3.05, 3.63) is 48.0 Å². The molecule has 0 radical (unpaired) electrons. The third-order valence-corrected chi connectivity index (χ3v) is 6.76. The van der Waals surface area contributed by atoms with Crippen molar-refractivity contribution in [3.8, 4) is 17.1 Å². The van der Waals surface area contributed by atoms with E-state index >= 15 is 0 Å². The molecule has 2 aromatic heterocycles. The van der Waals surface area contributed by atoms with E-state index in [2.05, 4.69) is 24.4 Å². The van der Waals surface area contributed by atoms with Gasteiger partial charge < -0.3 is 24.8 Å². The number of aromatic nitrogens is 4. The van der Waals surface area contributed by atoms with Gasteiger partial charge in [0.15, 0.2) is 5.69 Å². The van der Waals surface area contributed by atoms with Gasteiger partial charge in [0.05, 0.1) is 30.6 Å². The van der Waals surface area contributed by atoms with Crippen LogP contribution in [0.1, 0.15) is 42.9 Å². The second-order valence-corrected chi connectivity index (χ2v) is 10.2. The Balaban J connectivity index is 1.59. The van der Waals surface area contributed by atoms with Gasteiger partial charge in [-0.15, -0.1) is 0 Å². The Morgan fingerprint density at radius 3 is 2.84 bits per heavy atom. The van der Waals surface area contributed by atoms with E-state index in [4.69, 9.17) is 4.74 Å². The van der Waals surface area contributed by atoms with E-state index in [0.717, 1.165) is 23.1 Å². The number of imidazole rings is 1. The van der Waals surface area contributed by atoms with Crippen LogP contribution >= 0.6 is 11.7 Å². The minimum Gasteiger partial charge on any atom is -0.494 e. The highest BCUT2D eigenvalue weighted by molar-refractivity contribution is 6.99. The second kappa shape index (κ2) is 12.6. The summed E-state index contributed by atoms with van der Waals surface area (Å²) in [5.41, 5.74) is 1.64. The van der Waals surface area contributed by atoms with Crippen LogP contribution in [0.2, 0.25) is 0 Å². The van der Waals surface area contributed by atoms with Gasteiger partial charge in [-0.05, 0) is 37.8 Å². The number of nitrogens with zero attached hydrogens (tertiary/aromatic N) is 5. The fourth-order valence-electron chi connectivity index (χ4n) is 4.29. The number of hydrogen-bond donors (Lipinski definition) is 2. The molecule has 3 aromatic rings. The molecular weight excluding hydrogens is 506 g/mol. The average molecular weight is 540 g/mol. The normalized spacial score (nSPS) is 17.6. The van der Waals surface area contributed by atoms with Gasteiger partial charge in [0.25, 0.3) is 5.91 Å². The topological polar surface area (TPSA) is 131 Å². The number of benzene rings is 1. The van der Waals surface area contributed by atoms with Crippen molar-refractivity contribution >= 4 is 29.4 Å². The monoisotopic (exact) mass is 539 g/mol. The van der Waals surface area contributed by atoms with Gasteiger partial charge >= 0.3 is 0 Å². The largest absolute Gasteiger partial charge is 0.494 e. The Labute approximate surface area is 225 Å². The Bertz CT molecular complexity index is 1270. The van der Waals surface area contributed by atoms with Crippen LogP contribution in [0, 0.1) is 12.8 Å². The summed E-state index contributed by atoms with van der Waals surface area (Å²) < 4.78 is 16.1. The predicted octanol–water partition coefficient (Wildman–Crippen LogP) is 2.28. The third kappa shape index (κ3) is 6.94. The third-order valence-electron chi connectivity index (χ3n) is 6.14. The van der Waals surface area contributed by atoms with E-state index in [9.17, 15) is 14.4 Å². The van der Waals surface area contributed by atoms with Crippen LogP contribution in [0.25, 0.3) is 11.4 Å².